The lowest BCUT2D eigenvalue weighted by molar-refractivity contribution is 0.342. The first-order valence-corrected chi connectivity index (χ1v) is 10.6. The van der Waals surface area contributed by atoms with E-state index in [4.69, 9.17) is 26.4 Å². The predicted molar refractivity (Wildman–Crippen MR) is 129 cm³/mol. The molecule has 0 aliphatic carbocycles. The Labute approximate surface area is 189 Å². The number of hydrogen-bond donors (Lipinski definition) is 1. The maximum absolute atomic E-state index is 5.81. The van der Waals surface area contributed by atoms with Gasteiger partial charge in [-0.25, -0.2) is 0 Å². The quantitative estimate of drug-likeness (QED) is 0.447. The molecular weight excluding hydrogens is 408 g/mol. The lowest BCUT2D eigenvalue weighted by Gasteiger charge is -2.27. The van der Waals surface area contributed by atoms with E-state index >= 15 is 0 Å². The molecule has 3 aromatic carbocycles. The second-order valence-corrected chi connectivity index (χ2v) is 7.30. The lowest BCUT2D eigenvalue weighted by atomic mass is 10.1. The average molecular weight is 437 g/mol. The van der Waals surface area contributed by atoms with Gasteiger partial charge in [0, 0.05) is 13.1 Å². The Morgan fingerprint density at radius 1 is 0.806 bits per heavy atom. The number of benzene rings is 3. The molecule has 0 aromatic heterocycles. The first-order valence-electron chi connectivity index (χ1n) is 10.2. The normalized spacial score (nSPS) is 10.3. The number of nitrogens with one attached hydrogen (secondary N) is 1. The molecule has 0 bridgehead atoms. The van der Waals surface area contributed by atoms with Crippen LogP contribution in [0.15, 0.2) is 72.8 Å². The van der Waals surface area contributed by atoms with E-state index in [1.54, 1.807) is 14.2 Å². The van der Waals surface area contributed by atoms with Crippen molar-refractivity contribution in [3.8, 4) is 17.2 Å². The molecule has 0 spiro atoms. The summed E-state index contributed by atoms with van der Waals surface area (Å²) in [7, 11) is 3.33. The fourth-order valence-electron chi connectivity index (χ4n) is 3.15. The third kappa shape index (κ3) is 6.36. The minimum Gasteiger partial charge on any atom is -0.497 e. The van der Waals surface area contributed by atoms with Crippen LogP contribution in [0.3, 0.4) is 0 Å². The number of methoxy groups -OCH3 is 2. The van der Waals surface area contributed by atoms with Crippen LogP contribution in [0, 0.1) is 0 Å². The zero-order valence-electron chi connectivity index (χ0n) is 18.1. The molecule has 162 valence electrons. The molecule has 0 saturated carbocycles. The molecule has 1 N–H and O–H groups in total. The van der Waals surface area contributed by atoms with Gasteiger partial charge in [0.15, 0.2) is 5.11 Å². The van der Waals surface area contributed by atoms with Gasteiger partial charge in [-0.2, -0.15) is 0 Å². The second-order valence-electron chi connectivity index (χ2n) is 6.91. The third-order valence-corrected chi connectivity index (χ3v) is 5.14. The van der Waals surface area contributed by atoms with Crippen molar-refractivity contribution >= 4 is 23.0 Å². The van der Waals surface area contributed by atoms with Gasteiger partial charge >= 0.3 is 0 Å². The van der Waals surface area contributed by atoms with Gasteiger partial charge < -0.3 is 24.4 Å². The molecule has 0 amide bonds. The van der Waals surface area contributed by atoms with Crippen molar-refractivity contribution in [1.29, 1.82) is 0 Å². The smallest absolute Gasteiger partial charge is 0.174 e. The Kier molecular flexibility index (Phi) is 8.12. The summed E-state index contributed by atoms with van der Waals surface area (Å²) in [5.41, 5.74) is 3.12. The highest BCUT2D eigenvalue weighted by Gasteiger charge is 2.14. The number of anilines is 1. The lowest BCUT2D eigenvalue weighted by Crippen LogP contribution is -2.34. The highest BCUT2D eigenvalue weighted by molar-refractivity contribution is 7.80. The minimum atomic E-state index is 0.590. The van der Waals surface area contributed by atoms with E-state index in [0.29, 0.717) is 24.8 Å². The molecule has 3 aromatic rings. The van der Waals surface area contributed by atoms with Crippen LogP contribution in [0.1, 0.15) is 18.1 Å². The van der Waals surface area contributed by atoms with Crippen molar-refractivity contribution in [2.75, 3.05) is 26.1 Å². The zero-order chi connectivity index (χ0) is 22.1. The van der Waals surface area contributed by atoms with Crippen molar-refractivity contribution < 1.29 is 14.2 Å². The van der Waals surface area contributed by atoms with E-state index in [1.807, 2.05) is 55.5 Å². The van der Waals surface area contributed by atoms with Gasteiger partial charge in [0.1, 0.15) is 17.2 Å². The van der Waals surface area contributed by atoms with Crippen molar-refractivity contribution in [2.45, 2.75) is 20.0 Å². The van der Waals surface area contributed by atoms with Crippen LogP contribution in [0.2, 0.25) is 0 Å². The molecule has 31 heavy (non-hydrogen) atoms. The van der Waals surface area contributed by atoms with E-state index in [1.165, 1.54) is 0 Å². The van der Waals surface area contributed by atoms with Crippen LogP contribution in [0.25, 0.3) is 0 Å². The number of hydrogen-bond acceptors (Lipinski definition) is 4. The van der Waals surface area contributed by atoms with Gasteiger partial charge in [0.05, 0.1) is 26.5 Å². The molecule has 0 heterocycles. The van der Waals surface area contributed by atoms with Crippen molar-refractivity contribution in [3.63, 3.8) is 0 Å². The SMILES string of the molecule is CCOc1ccccc1NC(=S)N(Cc1ccc(OC)cc1)Cc1ccc(OC)cc1. The number of para-hydroxylation sites is 2. The van der Waals surface area contributed by atoms with Gasteiger partial charge in [-0.3, -0.25) is 0 Å². The Hall–Kier alpha value is -3.25. The highest BCUT2D eigenvalue weighted by Crippen LogP contribution is 2.25. The molecule has 0 aliphatic heterocycles. The molecule has 0 fully saturated rings. The summed E-state index contributed by atoms with van der Waals surface area (Å²) in [6.07, 6.45) is 0. The molecule has 0 atom stereocenters. The number of nitrogens with zero attached hydrogens (tertiary/aromatic N) is 1. The third-order valence-electron chi connectivity index (χ3n) is 4.78. The number of thiocarbonyl (C=S) groups is 1. The van der Waals surface area contributed by atoms with Crippen LogP contribution in [0.5, 0.6) is 17.2 Å². The fraction of sp³-hybridized carbons (Fsp3) is 0.240. The minimum absolute atomic E-state index is 0.590. The highest BCUT2D eigenvalue weighted by atomic mass is 32.1. The van der Waals surface area contributed by atoms with Crippen molar-refractivity contribution in [1.82, 2.24) is 4.90 Å². The molecular formula is C25H28N2O3S. The van der Waals surface area contributed by atoms with Crippen LogP contribution in [-0.2, 0) is 13.1 Å². The van der Waals surface area contributed by atoms with Gasteiger partial charge in [-0.15, -0.1) is 0 Å². The maximum Gasteiger partial charge on any atom is 0.174 e. The monoisotopic (exact) mass is 436 g/mol. The van der Waals surface area contributed by atoms with Crippen LogP contribution >= 0.6 is 12.2 Å². The molecule has 3 rings (SSSR count). The van der Waals surface area contributed by atoms with Gasteiger partial charge in [-0.05, 0) is 66.7 Å². The van der Waals surface area contributed by atoms with Crippen LogP contribution in [0.4, 0.5) is 5.69 Å². The summed E-state index contributed by atoms with van der Waals surface area (Å²) in [5.74, 6) is 2.44. The molecule has 0 saturated heterocycles. The molecule has 5 nitrogen and oxygen atoms in total. The Morgan fingerprint density at radius 2 is 1.32 bits per heavy atom. The molecule has 0 unspecified atom stereocenters. The van der Waals surface area contributed by atoms with Gasteiger partial charge in [0.25, 0.3) is 0 Å². The zero-order valence-corrected chi connectivity index (χ0v) is 18.9. The number of ether oxygens (including phenoxy) is 3. The standard InChI is InChI=1S/C25H28N2O3S/c1-4-30-24-8-6-5-7-23(24)26-25(31)27(17-19-9-13-21(28-2)14-10-19)18-20-11-15-22(29-3)16-12-20/h5-16H,4,17-18H2,1-3H3,(H,26,31). The van der Waals surface area contributed by atoms with Crippen molar-refractivity contribution in [3.05, 3.63) is 83.9 Å². The largest absolute Gasteiger partial charge is 0.497 e. The second kappa shape index (κ2) is 11.2. The van der Waals surface area contributed by atoms with E-state index in [0.717, 1.165) is 34.1 Å². The first-order chi connectivity index (χ1) is 15.1. The molecule has 0 radical (unpaired) electrons. The van der Waals surface area contributed by atoms with E-state index in [9.17, 15) is 0 Å². The van der Waals surface area contributed by atoms with Gasteiger partial charge in [-0.1, -0.05) is 36.4 Å². The fourth-order valence-corrected chi connectivity index (χ4v) is 3.39. The first kappa shape index (κ1) is 22.4. The summed E-state index contributed by atoms with van der Waals surface area (Å²) in [6, 6.07) is 23.9. The Bertz CT molecular complexity index is 925. The average Bonchev–Trinajstić information content (AvgIpc) is 2.81. The predicted octanol–water partition coefficient (Wildman–Crippen LogP) is 5.50. The summed E-state index contributed by atoms with van der Waals surface area (Å²) < 4.78 is 16.3. The van der Waals surface area contributed by atoms with Crippen LogP contribution in [-0.4, -0.2) is 30.8 Å². The van der Waals surface area contributed by atoms with E-state index in [2.05, 4.69) is 34.5 Å². The van der Waals surface area contributed by atoms with Crippen molar-refractivity contribution in [2.24, 2.45) is 0 Å². The van der Waals surface area contributed by atoms with Crippen LogP contribution < -0.4 is 19.5 Å². The van der Waals surface area contributed by atoms with Gasteiger partial charge in [0.2, 0.25) is 0 Å². The summed E-state index contributed by atoms with van der Waals surface area (Å²) in [4.78, 5) is 2.13. The number of rotatable bonds is 9. The Morgan fingerprint density at radius 3 is 1.81 bits per heavy atom. The van der Waals surface area contributed by atoms with E-state index in [-0.39, 0.29) is 0 Å². The summed E-state index contributed by atoms with van der Waals surface area (Å²) >= 11 is 5.81. The molecule has 0 aliphatic rings. The summed E-state index contributed by atoms with van der Waals surface area (Å²) in [5, 5.41) is 3.99. The Balaban J connectivity index is 1.81. The molecule has 6 heteroatoms. The summed E-state index contributed by atoms with van der Waals surface area (Å²) in [6.45, 7) is 3.86. The topological polar surface area (TPSA) is 43.0 Å². The maximum atomic E-state index is 5.81. The van der Waals surface area contributed by atoms with E-state index < -0.39 is 0 Å².